The SMILES string of the molecule is Cc1cnc2c(S(=O)(=O)N3CCN(CC(=O)NCc4cccs4)CC3)cccc2c1. The molecule has 3 aromatic rings. The molecule has 1 aromatic carbocycles. The monoisotopic (exact) mass is 444 g/mol. The van der Waals surface area contributed by atoms with Crippen LogP contribution in [0.25, 0.3) is 10.9 Å². The van der Waals surface area contributed by atoms with Crippen molar-refractivity contribution in [1.29, 1.82) is 0 Å². The van der Waals surface area contributed by atoms with Gasteiger partial charge in [-0.2, -0.15) is 4.31 Å². The predicted molar refractivity (Wildman–Crippen MR) is 118 cm³/mol. The number of amides is 1. The van der Waals surface area contributed by atoms with Gasteiger partial charge in [-0.05, 0) is 36.1 Å². The predicted octanol–water partition coefficient (Wildman–Crippen LogP) is 2.23. The molecule has 1 aliphatic heterocycles. The summed E-state index contributed by atoms with van der Waals surface area (Å²) >= 11 is 1.61. The van der Waals surface area contributed by atoms with Gasteiger partial charge < -0.3 is 5.32 Å². The van der Waals surface area contributed by atoms with Crippen molar-refractivity contribution in [3.8, 4) is 0 Å². The maximum atomic E-state index is 13.2. The molecule has 1 amide bonds. The molecule has 7 nitrogen and oxygen atoms in total. The summed E-state index contributed by atoms with van der Waals surface area (Å²) in [6.07, 6.45) is 1.69. The van der Waals surface area contributed by atoms with Gasteiger partial charge in [-0.15, -0.1) is 11.3 Å². The van der Waals surface area contributed by atoms with Gasteiger partial charge in [-0.3, -0.25) is 14.7 Å². The minimum Gasteiger partial charge on any atom is -0.350 e. The van der Waals surface area contributed by atoms with Gasteiger partial charge in [0, 0.05) is 42.6 Å². The van der Waals surface area contributed by atoms with Crippen LogP contribution in [0, 0.1) is 6.92 Å². The lowest BCUT2D eigenvalue weighted by molar-refractivity contribution is -0.122. The Morgan fingerprint density at radius 1 is 1.17 bits per heavy atom. The summed E-state index contributed by atoms with van der Waals surface area (Å²) in [4.78, 5) is 19.9. The molecular formula is C21H24N4O3S2. The van der Waals surface area contributed by atoms with Crippen LogP contribution in [0.3, 0.4) is 0 Å². The smallest absolute Gasteiger partial charge is 0.245 e. The third kappa shape index (κ3) is 4.54. The van der Waals surface area contributed by atoms with Gasteiger partial charge in [0.05, 0.1) is 18.6 Å². The van der Waals surface area contributed by atoms with Crippen molar-refractivity contribution in [2.24, 2.45) is 0 Å². The van der Waals surface area contributed by atoms with Gasteiger partial charge in [-0.25, -0.2) is 8.42 Å². The fourth-order valence-electron chi connectivity index (χ4n) is 3.58. The number of thiophene rings is 1. The molecule has 1 N–H and O–H groups in total. The third-order valence-corrected chi connectivity index (χ3v) is 7.97. The van der Waals surface area contributed by atoms with E-state index in [0.717, 1.165) is 15.8 Å². The highest BCUT2D eigenvalue weighted by Crippen LogP contribution is 2.25. The van der Waals surface area contributed by atoms with Crippen molar-refractivity contribution in [3.63, 3.8) is 0 Å². The van der Waals surface area contributed by atoms with Crippen molar-refractivity contribution in [1.82, 2.24) is 19.5 Å². The first kappa shape index (κ1) is 20.9. The second-order valence-corrected chi connectivity index (χ2v) is 10.3. The molecule has 0 bridgehead atoms. The van der Waals surface area contributed by atoms with Crippen LogP contribution in [0.5, 0.6) is 0 Å². The molecule has 4 rings (SSSR count). The topological polar surface area (TPSA) is 82.6 Å². The highest BCUT2D eigenvalue weighted by atomic mass is 32.2. The summed E-state index contributed by atoms with van der Waals surface area (Å²) < 4.78 is 28.0. The highest BCUT2D eigenvalue weighted by molar-refractivity contribution is 7.89. The van der Waals surface area contributed by atoms with E-state index in [2.05, 4.69) is 10.3 Å². The molecule has 3 heterocycles. The van der Waals surface area contributed by atoms with Crippen molar-refractivity contribution in [2.75, 3.05) is 32.7 Å². The molecule has 30 heavy (non-hydrogen) atoms. The van der Waals surface area contributed by atoms with E-state index in [1.54, 1.807) is 29.7 Å². The highest BCUT2D eigenvalue weighted by Gasteiger charge is 2.30. The average molecular weight is 445 g/mol. The molecule has 0 radical (unpaired) electrons. The number of nitrogens with zero attached hydrogens (tertiary/aromatic N) is 3. The third-order valence-electron chi connectivity index (χ3n) is 5.17. The number of hydrogen-bond acceptors (Lipinski definition) is 6. The Labute approximate surface area is 180 Å². The van der Waals surface area contributed by atoms with Crippen LogP contribution in [-0.2, 0) is 21.4 Å². The van der Waals surface area contributed by atoms with E-state index in [9.17, 15) is 13.2 Å². The number of hydrogen-bond donors (Lipinski definition) is 1. The first-order chi connectivity index (χ1) is 14.4. The van der Waals surface area contributed by atoms with E-state index in [0.29, 0.717) is 38.2 Å². The Balaban J connectivity index is 1.38. The fraction of sp³-hybridized carbons (Fsp3) is 0.333. The minimum absolute atomic E-state index is 0.0478. The van der Waals surface area contributed by atoms with Crippen molar-refractivity contribution < 1.29 is 13.2 Å². The zero-order valence-corrected chi connectivity index (χ0v) is 18.4. The van der Waals surface area contributed by atoms with E-state index < -0.39 is 10.0 Å². The fourth-order valence-corrected chi connectivity index (χ4v) is 5.81. The summed E-state index contributed by atoms with van der Waals surface area (Å²) in [5, 5.41) is 5.71. The molecule has 2 aromatic heterocycles. The molecule has 0 atom stereocenters. The molecular weight excluding hydrogens is 420 g/mol. The number of para-hydroxylation sites is 1. The lowest BCUT2D eigenvalue weighted by Crippen LogP contribution is -2.51. The molecule has 0 aliphatic carbocycles. The quantitative estimate of drug-likeness (QED) is 0.631. The van der Waals surface area contributed by atoms with Crippen molar-refractivity contribution in [2.45, 2.75) is 18.4 Å². The minimum atomic E-state index is -3.65. The van der Waals surface area contributed by atoms with Crippen LogP contribution in [0.4, 0.5) is 0 Å². The van der Waals surface area contributed by atoms with Crippen LogP contribution < -0.4 is 5.32 Å². The number of carbonyl (C=O) groups excluding carboxylic acids is 1. The largest absolute Gasteiger partial charge is 0.350 e. The maximum Gasteiger partial charge on any atom is 0.245 e. The average Bonchev–Trinajstić information content (AvgIpc) is 3.26. The van der Waals surface area contributed by atoms with Crippen LogP contribution in [-0.4, -0.2) is 61.2 Å². The molecule has 158 valence electrons. The zero-order valence-electron chi connectivity index (χ0n) is 16.7. The molecule has 1 aliphatic rings. The number of pyridine rings is 1. The zero-order chi connectivity index (χ0) is 21.1. The van der Waals surface area contributed by atoms with E-state index in [1.807, 2.05) is 41.5 Å². The maximum absolute atomic E-state index is 13.2. The standard InChI is InChI=1S/C21H24N4O3S2/c1-16-12-17-4-2-6-19(21(17)23-13-16)30(27,28)25-9-7-24(8-10-25)15-20(26)22-14-18-5-3-11-29-18/h2-6,11-13H,7-10,14-15H2,1H3,(H,22,26). The normalized spacial score (nSPS) is 16.0. The summed E-state index contributed by atoms with van der Waals surface area (Å²) in [7, 11) is -3.65. The van der Waals surface area contributed by atoms with Gasteiger partial charge in [0.1, 0.15) is 4.90 Å². The van der Waals surface area contributed by atoms with Gasteiger partial charge in [0.25, 0.3) is 0 Å². The van der Waals surface area contributed by atoms with Crippen LogP contribution in [0.15, 0.2) is 52.9 Å². The summed E-state index contributed by atoms with van der Waals surface area (Å²) in [5.74, 6) is -0.0478. The van der Waals surface area contributed by atoms with E-state index in [4.69, 9.17) is 0 Å². The molecule has 0 unspecified atom stereocenters. The van der Waals surface area contributed by atoms with Crippen LogP contribution in [0.2, 0.25) is 0 Å². The first-order valence-electron chi connectivity index (χ1n) is 9.80. The number of sulfonamides is 1. The van der Waals surface area contributed by atoms with E-state index >= 15 is 0 Å². The Bertz CT molecular complexity index is 1140. The summed E-state index contributed by atoms with van der Waals surface area (Å²) in [6.45, 7) is 4.47. The number of aryl methyl sites for hydroxylation is 1. The first-order valence-corrected chi connectivity index (χ1v) is 12.1. The number of carbonyl (C=O) groups is 1. The van der Waals surface area contributed by atoms with Gasteiger partial charge in [0.15, 0.2) is 0 Å². The van der Waals surface area contributed by atoms with Gasteiger partial charge in [0.2, 0.25) is 15.9 Å². The Morgan fingerprint density at radius 3 is 2.70 bits per heavy atom. The van der Waals surface area contributed by atoms with Crippen LogP contribution >= 0.6 is 11.3 Å². The summed E-state index contributed by atoms with van der Waals surface area (Å²) in [6, 6.07) is 11.1. The van der Waals surface area contributed by atoms with Crippen molar-refractivity contribution >= 4 is 38.2 Å². The number of benzene rings is 1. The van der Waals surface area contributed by atoms with E-state index in [-0.39, 0.29) is 17.3 Å². The van der Waals surface area contributed by atoms with Gasteiger partial charge in [-0.1, -0.05) is 18.2 Å². The Morgan fingerprint density at radius 2 is 1.97 bits per heavy atom. The lowest BCUT2D eigenvalue weighted by Gasteiger charge is -2.33. The van der Waals surface area contributed by atoms with Crippen molar-refractivity contribution in [3.05, 3.63) is 58.4 Å². The van der Waals surface area contributed by atoms with E-state index in [1.165, 1.54) is 4.31 Å². The number of nitrogens with one attached hydrogen (secondary N) is 1. The van der Waals surface area contributed by atoms with Gasteiger partial charge >= 0.3 is 0 Å². The number of piperazine rings is 1. The molecule has 1 saturated heterocycles. The Hall–Kier alpha value is -2.33. The molecule has 9 heteroatoms. The van der Waals surface area contributed by atoms with Crippen LogP contribution in [0.1, 0.15) is 10.4 Å². The number of fused-ring (bicyclic) bond motifs is 1. The molecule has 0 saturated carbocycles. The number of rotatable bonds is 6. The Kier molecular flexibility index (Phi) is 6.14. The molecule has 1 fully saturated rings. The number of aromatic nitrogens is 1. The summed E-state index contributed by atoms with van der Waals surface area (Å²) in [5.41, 5.74) is 1.49. The lowest BCUT2D eigenvalue weighted by atomic mass is 10.2. The second kappa shape index (κ2) is 8.81. The second-order valence-electron chi connectivity index (χ2n) is 7.38. The molecule has 0 spiro atoms.